The molecule has 0 saturated heterocycles. The van der Waals surface area contributed by atoms with E-state index in [0.29, 0.717) is 22.1 Å². The number of carbonyl (C=O) groups is 2. The molecule has 1 amide bonds. The van der Waals surface area contributed by atoms with Crippen LogP contribution in [0.3, 0.4) is 0 Å². The molecule has 110 valence electrons. The summed E-state index contributed by atoms with van der Waals surface area (Å²) in [5.41, 5.74) is 0.358. The first-order valence-corrected chi connectivity index (χ1v) is 6.72. The molecule has 0 saturated carbocycles. The van der Waals surface area contributed by atoms with Gasteiger partial charge >= 0.3 is 5.97 Å². The molecule has 0 atom stereocenters. The van der Waals surface area contributed by atoms with Gasteiger partial charge in [0.2, 0.25) is 0 Å². The molecular weight excluding hydrogens is 294 g/mol. The van der Waals surface area contributed by atoms with Crippen LogP contribution in [0.15, 0.2) is 30.3 Å². The molecule has 0 bridgehead atoms. The predicted octanol–water partition coefficient (Wildman–Crippen LogP) is 2.72. The van der Waals surface area contributed by atoms with Gasteiger partial charge in [-0.05, 0) is 24.3 Å². The zero-order valence-electron chi connectivity index (χ0n) is 11.4. The number of rotatable bonds is 5. The minimum Gasteiger partial charge on any atom is -0.497 e. The first-order valence-electron chi connectivity index (χ1n) is 5.91. The second kappa shape index (κ2) is 6.27. The molecule has 6 nitrogen and oxygen atoms in total. The molecule has 21 heavy (non-hydrogen) atoms. The third-order valence-electron chi connectivity index (χ3n) is 2.67. The van der Waals surface area contributed by atoms with Gasteiger partial charge in [-0.15, -0.1) is 11.3 Å². The summed E-state index contributed by atoms with van der Waals surface area (Å²) < 4.78 is 10.2. The van der Waals surface area contributed by atoms with Crippen LogP contribution in [0.2, 0.25) is 0 Å². The topological polar surface area (TPSA) is 84.9 Å². The average Bonchev–Trinajstić information content (AvgIpc) is 2.95. The highest BCUT2D eigenvalue weighted by Gasteiger charge is 2.13. The van der Waals surface area contributed by atoms with Gasteiger partial charge in [-0.3, -0.25) is 4.79 Å². The minimum atomic E-state index is -1.02. The van der Waals surface area contributed by atoms with Gasteiger partial charge in [0, 0.05) is 11.6 Å². The zero-order chi connectivity index (χ0) is 15.4. The second-order valence-corrected chi connectivity index (χ2v) is 5.11. The lowest BCUT2D eigenvalue weighted by Crippen LogP contribution is -2.11. The zero-order valence-corrected chi connectivity index (χ0v) is 12.2. The van der Waals surface area contributed by atoms with E-state index < -0.39 is 5.97 Å². The highest BCUT2D eigenvalue weighted by molar-refractivity contribution is 7.18. The van der Waals surface area contributed by atoms with Crippen molar-refractivity contribution in [3.63, 3.8) is 0 Å². The summed E-state index contributed by atoms with van der Waals surface area (Å²) in [5.74, 6) is -0.400. The van der Waals surface area contributed by atoms with E-state index >= 15 is 0 Å². The Labute approximate surface area is 124 Å². The number of hydrogen-bond donors (Lipinski definition) is 2. The van der Waals surface area contributed by atoms with Crippen LogP contribution in [0.25, 0.3) is 0 Å². The SMILES string of the molecule is COc1cc(OC)cc(C(=O)Nc2ccc(C(=O)O)s2)c1. The van der Waals surface area contributed by atoms with Crippen molar-refractivity contribution < 1.29 is 24.2 Å². The summed E-state index contributed by atoms with van der Waals surface area (Å²) in [5, 5.41) is 11.9. The number of benzene rings is 1. The molecule has 0 aliphatic heterocycles. The van der Waals surface area contributed by atoms with Gasteiger partial charge in [0.15, 0.2) is 0 Å². The van der Waals surface area contributed by atoms with E-state index in [1.54, 1.807) is 24.3 Å². The number of carboxylic acids is 1. The number of methoxy groups -OCH3 is 2. The number of ether oxygens (including phenoxy) is 2. The lowest BCUT2D eigenvalue weighted by Gasteiger charge is -2.08. The monoisotopic (exact) mass is 307 g/mol. The first kappa shape index (κ1) is 14.9. The number of nitrogens with one attached hydrogen (secondary N) is 1. The van der Waals surface area contributed by atoms with E-state index in [9.17, 15) is 9.59 Å². The van der Waals surface area contributed by atoms with E-state index in [2.05, 4.69) is 5.32 Å². The fourth-order valence-electron chi connectivity index (χ4n) is 1.64. The Bertz CT molecular complexity index is 658. The Morgan fingerprint density at radius 1 is 1.10 bits per heavy atom. The Morgan fingerprint density at radius 3 is 2.19 bits per heavy atom. The molecule has 2 N–H and O–H groups in total. The van der Waals surface area contributed by atoms with Gasteiger partial charge in [0.05, 0.1) is 19.2 Å². The first-order chi connectivity index (χ1) is 10.0. The molecule has 1 aromatic heterocycles. The normalized spacial score (nSPS) is 10.0. The van der Waals surface area contributed by atoms with E-state index in [1.807, 2.05) is 0 Å². The molecule has 1 aromatic carbocycles. The maximum atomic E-state index is 12.2. The average molecular weight is 307 g/mol. The molecule has 1 heterocycles. The van der Waals surface area contributed by atoms with Gasteiger partial charge in [0.1, 0.15) is 16.4 Å². The summed E-state index contributed by atoms with van der Waals surface area (Å²) in [7, 11) is 2.99. The maximum absolute atomic E-state index is 12.2. The molecule has 0 radical (unpaired) electrons. The van der Waals surface area contributed by atoms with Crippen molar-refractivity contribution in [3.05, 3.63) is 40.8 Å². The molecule has 2 rings (SSSR count). The number of thiophene rings is 1. The van der Waals surface area contributed by atoms with Gasteiger partial charge in [-0.2, -0.15) is 0 Å². The quantitative estimate of drug-likeness (QED) is 0.887. The summed E-state index contributed by atoms with van der Waals surface area (Å²) in [6, 6.07) is 7.79. The van der Waals surface area contributed by atoms with Crippen molar-refractivity contribution in [2.75, 3.05) is 19.5 Å². The van der Waals surface area contributed by atoms with E-state index in [1.165, 1.54) is 20.3 Å². The van der Waals surface area contributed by atoms with Gasteiger partial charge in [-0.25, -0.2) is 4.79 Å². The Morgan fingerprint density at radius 2 is 1.71 bits per heavy atom. The third-order valence-corrected chi connectivity index (χ3v) is 3.66. The Balaban J connectivity index is 2.21. The predicted molar refractivity (Wildman–Crippen MR) is 78.8 cm³/mol. The van der Waals surface area contributed by atoms with E-state index in [0.717, 1.165) is 11.3 Å². The third kappa shape index (κ3) is 3.51. The lowest BCUT2D eigenvalue weighted by molar-refractivity contribution is 0.0702. The van der Waals surface area contributed by atoms with Crippen LogP contribution in [-0.2, 0) is 0 Å². The standard InChI is InChI=1S/C14H13NO5S/c1-19-9-5-8(6-10(7-9)20-2)13(16)15-12-4-3-11(21-12)14(17)18/h3-7H,1-2H3,(H,15,16)(H,17,18). The molecule has 0 aliphatic carbocycles. The summed E-state index contributed by atoms with van der Waals surface area (Å²) in [6.45, 7) is 0. The number of carbonyl (C=O) groups excluding carboxylic acids is 1. The van der Waals surface area contributed by atoms with Crippen molar-refractivity contribution in [3.8, 4) is 11.5 Å². The van der Waals surface area contributed by atoms with Gasteiger partial charge < -0.3 is 19.9 Å². The number of aromatic carboxylic acids is 1. The number of carboxylic acid groups (broad SMARTS) is 1. The largest absolute Gasteiger partial charge is 0.497 e. The van der Waals surface area contributed by atoms with Crippen molar-refractivity contribution in [1.29, 1.82) is 0 Å². The van der Waals surface area contributed by atoms with Crippen LogP contribution >= 0.6 is 11.3 Å². The summed E-state index contributed by atoms with van der Waals surface area (Å²) in [6.07, 6.45) is 0. The van der Waals surface area contributed by atoms with Gasteiger partial charge in [0.25, 0.3) is 5.91 Å². The lowest BCUT2D eigenvalue weighted by atomic mass is 10.2. The van der Waals surface area contributed by atoms with E-state index in [-0.39, 0.29) is 10.8 Å². The molecular formula is C14H13NO5S. The minimum absolute atomic E-state index is 0.161. The number of anilines is 1. The highest BCUT2D eigenvalue weighted by Crippen LogP contribution is 2.25. The van der Waals surface area contributed by atoms with Crippen molar-refractivity contribution >= 4 is 28.2 Å². The van der Waals surface area contributed by atoms with Crippen LogP contribution in [0, 0.1) is 0 Å². The van der Waals surface area contributed by atoms with E-state index in [4.69, 9.17) is 14.6 Å². The van der Waals surface area contributed by atoms with Crippen molar-refractivity contribution in [2.45, 2.75) is 0 Å². The Hall–Kier alpha value is -2.54. The smallest absolute Gasteiger partial charge is 0.345 e. The second-order valence-electron chi connectivity index (χ2n) is 4.02. The maximum Gasteiger partial charge on any atom is 0.345 e. The molecule has 7 heteroatoms. The number of hydrogen-bond acceptors (Lipinski definition) is 5. The highest BCUT2D eigenvalue weighted by atomic mass is 32.1. The Kier molecular flexibility index (Phi) is 4.44. The molecule has 2 aromatic rings. The van der Waals surface area contributed by atoms with Crippen LogP contribution in [0.5, 0.6) is 11.5 Å². The van der Waals surface area contributed by atoms with Crippen LogP contribution in [0.1, 0.15) is 20.0 Å². The summed E-state index contributed by atoms with van der Waals surface area (Å²) in [4.78, 5) is 23.1. The molecule has 0 aliphatic rings. The summed E-state index contributed by atoms with van der Waals surface area (Å²) >= 11 is 0.990. The van der Waals surface area contributed by atoms with Crippen LogP contribution in [-0.4, -0.2) is 31.2 Å². The van der Waals surface area contributed by atoms with Crippen LogP contribution < -0.4 is 14.8 Å². The molecule has 0 fully saturated rings. The van der Waals surface area contributed by atoms with Gasteiger partial charge in [-0.1, -0.05) is 0 Å². The molecule has 0 unspecified atom stereocenters. The fourth-order valence-corrected chi connectivity index (χ4v) is 2.38. The van der Waals surface area contributed by atoms with Crippen molar-refractivity contribution in [1.82, 2.24) is 0 Å². The van der Waals surface area contributed by atoms with Crippen LogP contribution in [0.4, 0.5) is 5.00 Å². The number of amides is 1. The fraction of sp³-hybridized carbons (Fsp3) is 0.143. The molecule has 0 spiro atoms. The van der Waals surface area contributed by atoms with Crippen molar-refractivity contribution in [2.24, 2.45) is 0 Å².